The summed E-state index contributed by atoms with van der Waals surface area (Å²) in [5, 5.41) is 1.06. The van der Waals surface area contributed by atoms with E-state index in [-0.39, 0.29) is 5.82 Å². The molecule has 0 fully saturated rings. The van der Waals surface area contributed by atoms with Crippen molar-refractivity contribution in [1.82, 2.24) is 9.97 Å². The third kappa shape index (κ3) is 3.22. The fourth-order valence-electron chi connectivity index (χ4n) is 1.88. The van der Waals surface area contributed by atoms with E-state index in [1.165, 1.54) is 25.0 Å². The summed E-state index contributed by atoms with van der Waals surface area (Å²) >= 11 is 3.42. The Morgan fingerprint density at radius 1 is 1.33 bits per heavy atom. The predicted octanol–water partition coefficient (Wildman–Crippen LogP) is 3.70. The maximum Gasteiger partial charge on any atom is 0.203 e. The molecule has 1 heterocycles. The van der Waals surface area contributed by atoms with Crippen molar-refractivity contribution >= 4 is 32.9 Å². The number of nitrogens with one attached hydrogen (secondary N) is 1. The lowest BCUT2D eigenvalue weighted by atomic mass is 10.2. The van der Waals surface area contributed by atoms with E-state index in [0.717, 1.165) is 35.3 Å². The number of alkyl halides is 1. The second-order valence-electron chi connectivity index (χ2n) is 4.39. The van der Waals surface area contributed by atoms with Crippen molar-refractivity contribution < 1.29 is 4.39 Å². The first-order chi connectivity index (χ1) is 8.70. The van der Waals surface area contributed by atoms with E-state index in [4.69, 9.17) is 0 Å². The van der Waals surface area contributed by atoms with Crippen molar-refractivity contribution in [3.8, 4) is 0 Å². The summed E-state index contributed by atoms with van der Waals surface area (Å²) < 4.78 is 13.1. The highest BCUT2D eigenvalue weighted by atomic mass is 79.9. The number of halogens is 2. The lowest BCUT2D eigenvalue weighted by Gasteiger charge is -2.15. The number of hydrogen-bond acceptors (Lipinski definition) is 2. The Balaban J connectivity index is 2.01. The Bertz CT molecular complexity index is 512. The van der Waals surface area contributed by atoms with Crippen LogP contribution in [0.2, 0.25) is 0 Å². The van der Waals surface area contributed by atoms with E-state index < -0.39 is 0 Å². The molecule has 0 bridgehead atoms. The van der Waals surface area contributed by atoms with Crippen LogP contribution < -0.4 is 4.90 Å². The van der Waals surface area contributed by atoms with Crippen molar-refractivity contribution in [1.29, 1.82) is 0 Å². The third-order valence-electron chi connectivity index (χ3n) is 2.92. The number of unbranched alkanes of at least 4 members (excludes halogenated alkanes) is 2. The first kappa shape index (κ1) is 13.3. The molecule has 2 rings (SSSR count). The van der Waals surface area contributed by atoms with Crippen LogP contribution in [0.5, 0.6) is 0 Å². The quantitative estimate of drug-likeness (QED) is 0.651. The topological polar surface area (TPSA) is 31.9 Å². The average molecular weight is 314 g/mol. The van der Waals surface area contributed by atoms with Gasteiger partial charge in [-0.2, -0.15) is 0 Å². The number of nitrogens with zero attached hydrogens (tertiary/aromatic N) is 2. The maximum absolute atomic E-state index is 13.1. The molecule has 2 aromatic rings. The van der Waals surface area contributed by atoms with Crippen LogP contribution >= 0.6 is 15.9 Å². The standard InChI is InChI=1S/C13H17BrFN3/c1-18(8-4-2-3-7-14)13-16-11-6-5-10(15)9-12(11)17-13/h5-6,9H,2-4,7-8H2,1H3,(H,16,17). The zero-order valence-corrected chi connectivity index (χ0v) is 12.0. The highest BCUT2D eigenvalue weighted by Crippen LogP contribution is 2.17. The molecule has 0 aliphatic rings. The van der Waals surface area contributed by atoms with Gasteiger partial charge in [-0.05, 0) is 31.0 Å². The van der Waals surface area contributed by atoms with Gasteiger partial charge in [-0.25, -0.2) is 9.37 Å². The number of H-pyrrole nitrogens is 1. The van der Waals surface area contributed by atoms with Crippen molar-refractivity contribution in [3.63, 3.8) is 0 Å². The monoisotopic (exact) mass is 313 g/mol. The molecule has 3 nitrogen and oxygen atoms in total. The van der Waals surface area contributed by atoms with E-state index in [1.807, 2.05) is 7.05 Å². The van der Waals surface area contributed by atoms with Crippen LogP contribution in [0.1, 0.15) is 19.3 Å². The van der Waals surface area contributed by atoms with Gasteiger partial charge in [0, 0.05) is 18.9 Å². The van der Waals surface area contributed by atoms with Crippen LogP contribution in [0.3, 0.4) is 0 Å². The second-order valence-corrected chi connectivity index (χ2v) is 5.19. The van der Waals surface area contributed by atoms with Crippen molar-refractivity contribution in [2.45, 2.75) is 19.3 Å². The molecule has 0 saturated carbocycles. The normalized spacial score (nSPS) is 11.1. The third-order valence-corrected chi connectivity index (χ3v) is 3.48. The van der Waals surface area contributed by atoms with Crippen molar-refractivity contribution in [2.24, 2.45) is 0 Å². The lowest BCUT2D eigenvalue weighted by molar-refractivity contribution is 0.629. The largest absolute Gasteiger partial charge is 0.345 e. The summed E-state index contributed by atoms with van der Waals surface area (Å²) in [4.78, 5) is 9.67. The lowest BCUT2D eigenvalue weighted by Crippen LogP contribution is -2.19. The van der Waals surface area contributed by atoms with Crippen LogP contribution in [0.4, 0.5) is 10.3 Å². The van der Waals surface area contributed by atoms with Gasteiger partial charge in [0.25, 0.3) is 0 Å². The van der Waals surface area contributed by atoms with Gasteiger partial charge in [-0.15, -0.1) is 0 Å². The fraction of sp³-hybridized carbons (Fsp3) is 0.462. The SMILES string of the molecule is CN(CCCCCBr)c1nc2ccc(F)cc2[nH]1. The minimum atomic E-state index is -0.238. The van der Waals surface area contributed by atoms with Gasteiger partial charge in [-0.1, -0.05) is 22.4 Å². The smallest absolute Gasteiger partial charge is 0.203 e. The number of aromatic nitrogens is 2. The Morgan fingerprint density at radius 3 is 2.94 bits per heavy atom. The number of imidazole rings is 1. The predicted molar refractivity (Wildman–Crippen MR) is 77.0 cm³/mol. The number of benzene rings is 1. The molecule has 0 radical (unpaired) electrons. The summed E-state index contributed by atoms with van der Waals surface area (Å²) in [7, 11) is 2.00. The highest BCUT2D eigenvalue weighted by Gasteiger charge is 2.07. The molecule has 0 atom stereocenters. The number of rotatable bonds is 6. The molecule has 0 saturated heterocycles. The number of hydrogen-bond donors (Lipinski definition) is 1. The van der Waals surface area contributed by atoms with E-state index in [9.17, 15) is 4.39 Å². The van der Waals surface area contributed by atoms with Crippen LogP contribution in [-0.4, -0.2) is 28.9 Å². The summed E-state index contributed by atoms with van der Waals surface area (Å²) in [5.41, 5.74) is 1.55. The van der Waals surface area contributed by atoms with E-state index >= 15 is 0 Å². The van der Waals surface area contributed by atoms with Gasteiger partial charge >= 0.3 is 0 Å². The van der Waals surface area contributed by atoms with Gasteiger partial charge in [0.2, 0.25) is 5.95 Å². The first-order valence-electron chi connectivity index (χ1n) is 6.13. The molecule has 0 aliphatic carbocycles. The minimum absolute atomic E-state index is 0.238. The Morgan fingerprint density at radius 2 is 2.17 bits per heavy atom. The van der Waals surface area contributed by atoms with Crippen LogP contribution in [0, 0.1) is 5.82 Å². The zero-order chi connectivity index (χ0) is 13.0. The first-order valence-corrected chi connectivity index (χ1v) is 7.25. The molecule has 1 aromatic carbocycles. The molecule has 0 aliphatic heterocycles. The Labute approximate surface area is 115 Å². The fourth-order valence-corrected chi connectivity index (χ4v) is 2.27. The molecule has 0 amide bonds. The van der Waals surface area contributed by atoms with Gasteiger partial charge in [0.1, 0.15) is 5.82 Å². The molecule has 1 N–H and O–H groups in total. The van der Waals surface area contributed by atoms with Gasteiger partial charge < -0.3 is 9.88 Å². The summed E-state index contributed by atoms with van der Waals surface area (Å²) in [6.07, 6.45) is 3.52. The van der Waals surface area contributed by atoms with Crippen LogP contribution in [0.25, 0.3) is 11.0 Å². The summed E-state index contributed by atoms with van der Waals surface area (Å²) in [5.74, 6) is 0.562. The molecule has 98 valence electrons. The molecule has 18 heavy (non-hydrogen) atoms. The number of anilines is 1. The Kier molecular flexibility index (Phi) is 4.58. The minimum Gasteiger partial charge on any atom is -0.345 e. The van der Waals surface area contributed by atoms with E-state index in [0.29, 0.717) is 0 Å². The van der Waals surface area contributed by atoms with E-state index in [1.54, 1.807) is 6.07 Å². The van der Waals surface area contributed by atoms with Crippen molar-refractivity contribution in [2.75, 3.05) is 23.8 Å². The molecular formula is C13H17BrFN3. The van der Waals surface area contributed by atoms with Gasteiger partial charge in [0.15, 0.2) is 0 Å². The number of aromatic amines is 1. The zero-order valence-electron chi connectivity index (χ0n) is 10.4. The van der Waals surface area contributed by atoms with E-state index in [2.05, 4.69) is 30.8 Å². The molecular weight excluding hydrogens is 297 g/mol. The van der Waals surface area contributed by atoms with Crippen LogP contribution in [0.15, 0.2) is 18.2 Å². The summed E-state index contributed by atoms with van der Waals surface area (Å²) in [6, 6.07) is 4.61. The molecule has 5 heteroatoms. The Hall–Kier alpha value is -1.10. The van der Waals surface area contributed by atoms with Gasteiger partial charge in [0.05, 0.1) is 11.0 Å². The molecule has 0 unspecified atom stereocenters. The highest BCUT2D eigenvalue weighted by molar-refractivity contribution is 9.09. The number of fused-ring (bicyclic) bond motifs is 1. The van der Waals surface area contributed by atoms with Crippen LogP contribution in [-0.2, 0) is 0 Å². The molecule has 0 spiro atoms. The molecule has 1 aromatic heterocycles. The van der Waals surface area contributed by atoms with Crippen molar-refractivity contribution in [3.05, 3.63) is 24.0 Å². The maximum atomic E-state index is 13.1. The van der Waals surface area contributed by atoms with Gasteiger partial charge in [-0.3, -0.25) is 0 Å². The second kappa shape index (κ2) is 6.18. The average Bonchev–Trinajstić information content (AvgIpc) is 2.77. The summed E-state index contributed by atoms with van der Waals surface area (Å²) in [6.45, 7) is 0.954.